The number of benzene rings is 1. The molecule has 0 atom stereocenters. The highest BCUT2D eigenvalue weighted by atomic mass is 79.9. The lowest BCUT2D eigenvalue weighted by Gasteiger charge is -2.11. The van der Waals surface area contributed by atoms with Crippen LogP contribution in [0.3, 0.4) is 0 Å². The molecule has 1 aromatic carbocycles. The molecule has 0 spiro atoms. The molecule has 0 aliphatic heterocycles. The van der Waals surface area contributed by atoms with E-state index in [9.17, 15) is 8.42 Å². The summed E-state index contributed by atoms with van der Waals surface area (Å²) in [6.07, 6.45) is 0. The second-order valence-corrected chi connectivity index (χ2v) is 7.20. The topological polar surface area (TPSA) is 79.3 Å². The van der Waals surface area contributed by atoms with Gasteiger partial charge in [-0.05, 0) is 65.2 Å². The van der Waals surface area contributed by atoms with E-state index in [1.165, 1.54) is 6.07 Å². The number of nitrogens with zero attached hydrogens (tertiary/aromatic N) is 1. The predicted octanol–water partition coefficient (Wildman–Crippen LogP) is 2.75. The Morgan fingerprint density at radius 2 is 1.95 bits per heavy atom. The van der Waals surface area contributed by atoms with Gasteiger partial charge in [-0.25, -0.2) is 13.4 Å². The van der Waals surface area contributed by atoms with Gasteiger partial charge in [0.25, 0.3) is 10.0 Å². The van der Waals surface area contributed by atoms with Crippen molar-refractivity contribution in [3.8, 4) is 0 Å². The minimum Gasteiger partial charge on any atom is -0.392 e. The normalized spacial score (nSPS) is 11.4. The number of aliphatic hydroxyl groups excluding tert-OH is 1. The Morgan fingerprint density at radius 1 is 1.24 bits per heavy atom. The number of halogens is 1. The van der Waals surface area contributed by atoms with Crippen molar-refractivity contribution in [1.29, 1.82) is 0 Å². The molecule has 0 bridgehead atoms. The molecule has 112 valence electrons. The highest BCUT2D eigenvalue weighted by Gasteiger charge is 2.18. The van der Waals surface area contributed by atoms with Gasteiger partial charge in [0.1, 0.15) is 10.7 Å². The quantitative estimate of drug-likeness (QED) is 0.866. The molecule has 0 radical (unpaired) electrons. The van der Waals surface area contributed by atoms with Crippen LogP contribution in [0.1, 0.15) is 16.8 Å². The van der Waals surface area contributed by atoms with E-state index in [0.717, 1.165) is 11.3 Å². The summed E-state index contributed by atoms with van der Waals surface area (Å²) < 4.78 is 27.7. The zero-order valence-corrected chi connectivity index (χ0v) is 14.0. The van der Waals surface area contributed by atoms with E-state index < -0.39 is 10.0 Å². The molecule has 0 aliphatic carbocycles. The number of hydrogen-bond acceptors (Lipinski definition) is 4. The summed E-state index contributed by atoms with van der Waals surface area (Å²) in [7, 11) is -3.74. The van der Waals surface area contributed by atoms with E-state index in [1.807, 2.05) is 13.0 Å². The lowest BCUT2D eigenvalue weighted by molar-refractivity contribution is 0.281. The number of hydrogen-bond donors (Lipinski definition) is 2. The molecule has 0 aliphatic rings. The first-order valence-electron chi connectivity index (χ1n) is 6.19. The molecule has 0 saturated carbocycles. The molecular weight excluding hydrogens is 356 g/mol. The highest BCUT2D eigenvalue weighted by Crippen LogP contribution is 2.25. The van der Waals surface area contributed by atoms with Gasteiger partial charge < -0.3 is 5.11 Å². The van der Waals surface area contributed by atoms with E-state index >= 15 is 0 Å². The van der Waals surface area contributed by atoms with Crippen LogP contribution in [-0.4, -0.2) is 18.5 Å². The minimum atomic E-state index is -3.74. The van der Waals surface area contributed by atoms with Crippen LogP contribution in [0.4, 0.5) is 5.82 Å². The molecule has 2 rings (SSSR count). The summed E-state index contributed by atoms with van der Waals surface area (Å²) in [5, 5.41) is 9.06. The van der Waals surface area contributed by atoms with E-state index in [-0.39, 0.29) is 17.3 Å². The van der Waals surface area contributed by atoms with E-state index in [0.29, 0.717) is 10.0 Å². The number of sulfonamides is 1. The van der Waals surface area contributed by atoms with Gasteiger partial charge in [0.15, 0.2) is 0 Å². The second-order valence-electron chi connectivity index (χ2n) is 4.70. The fraction of sp³-hybridized carbons (Fsp3) is 0.214. The van der Waals surface area contributed by atoms with Crippen molar-refractivity contribution in [2.75, 3.05) is 4.72 Å². The summed E-state index contributed by atoms with van der Waals surface area (Å²) in [6, 6.07) is 8.11. The first kappa shape index (κ1) is 15.9. The van der Waals surface area contributed by atoms with Gasteiger partial charge >= 0.3 is 0 Å². The second kappa shape index (κ2) is 6.13. The molecule has 0 unspecified atom stereocenters. The van der Waals surface area contributed by atoms with Crippen molar-refractivity contribution < 1.29 is 13.5 Å². The van der Waals surface area contributed by atoms with Crippen LogP contribution in [0, 0.1) is 13.8 Å². The Labute approximate surface area is 132 Å². The average molecular weight is 371 g/mol. The third kappa shape index (κ3) is 3.81. The maximum atomic E-state index is 12.4. The molecule has 0 saturated heterocycles. The molecule has 21 heavy (non-hydrogen) atoms. The highest BCUT2D eigenvalue weighted by molar-refractivity contribution is 9.10. The molecule has 5 nitrogen and oxygen atoms in total. The zero-order valence-electron chi connectivity index (χ0n) is 11.6. The van der Waals surface area contributed by atoms with Crippen molar-refractivity contribution in [3.05, 3.63) is 51.6 Å². The molecule has 1 aromatic heterocycles. The Hall–Kier alpha value is -1.44. The Kier molecular flexibility index (Phi) is 4.65. The van der Waals surface area contributed by atoms with Crippen LogP contribution in [-0.2, 0) is 16.6 Å². The largest absolute Gasteiger partial charge is 0.392 e. The summed E-state index contributed by atoms with van der Waals surface area (Å²) in [4.78, 5) is 4.26. The van der Waals surface area contributed by atoms with Crippen LogP contribution < -0.4 is 4.72 Å². The van der Waals surface area contributed by atoms with E-state index in [4.69, 9.17) is 5.11 Å². The number of aryl methyl sites for hydroxylation is 2. The minimum absolute atomic E-state index is 0.0978. The van der Waals surface area contributed by atoms with E-state index in [2.05, 4.69) is 25.6 Å². The van der Waals surface area contributed by atoms with Gasteiger partial charge in [-0.1, -0.05) is 6.07 Å². The molecule has 2 aromatic rings. The van der Waals surface area contributed by atoms with Gasteiger partial charge in [-0.3, -0.25) is 4.72 Å². The summed E-state index contributed by atoms with van der Waals surface area (Å²) in [5.41, 5.74) is 2.29. The van der Waals surface area contributed by atoms with Crippen molar-refractivity contribution in [2.24, 2.45) is 0 Å². The van der Waals surface area contributed by atoms with Gasteiger partial charge in [0, 0.05) is 10.2 Å². The summed E-state index contributed by atoms with van der Waals surface area (Å²) in [6.45, 7) is 3.53. The predicted molar refractivity (Wildman–Crippen MR) is 84.6 cm³/mol. The molecular formula is C14H15BrN2O3S. The van der Waals surface area contributed by atoms with Crippen LogP contribution in [0.15, 0.2) is 39.7 Å². The van der Waals surface area contributed by atoms with Gasteiger partial charge in [0.05, 0.1) is 6.61 Å². The van der Waals surface area contributed by atoms with Gasteiger partial charge in [-0.2, -0.15) is 0 Å². The van der Waals surface area contributed by atoms with Crippen molar-refractivity contribution in [3.63, 3.8) is 0 Å². The SMILES string of the molecule is Cc1cc(C)nc(NS(=O)(=O)c2ccc(CO)cc2Br)c1. The van der Waals surface area contributed by atoms with E-state index in [1.54, 1.807) is 25.1 Å². The first-order chi connectivity index (χ1) is 9.81. The van der Waals surface area contributed by atoms with Crippen molar-refractivity contribution in [2.45, 2.75) is 25.3 Å². The van der Waals surface area contributed by atoms with Crippen molar-refractivity contribution in [1.82, 2.24) is 4.98 Å². The fourth-order valence-electron chi connectivity index (χ4n) is 1.95. The van der Waals surface area contributed by atoms with Gasteiger partial charge in [0.2, 0.25) is 0 Å². The fourth-order valence-corrected chi connectivity index (χ4v) is 4.07. The van der Waals surface area contributed by atoms with Crippen LogP contribution >= 0.6 is 15.9 Å². The van der Waals surface area contributed by atoms with Crippen LogP contribution in [0.25, 0.3) is 0 Å². The number of anilines is 1. The number of aromatic nitrogens is 1. The first-order valence-corrected chi connectivity index (χ1v) is 8.47. The zero-order chi connectivity index (χ0) is 15.6. The smallest absolute Gasteiger partial charge is 0.264 e. The van der Waals surface area contributed by atoms with Crippen LogP contribution in [0.2, 0.25) is 0 Å². The molecule has 1 heterocycles. The summed E-state index contributed by atoms with van der Waals surface area (Å²) in [5.74, 6) is 0.283. The maximum absolute atomic E-state index is 12.4. The number of aliphatic hydroxyl groups is 1. The average Bonchev–Trinajstić information content (AvgIpc) is 2.36. The number of nitrogens with one attached hydrogen (secondary N) is 1. The molecule has 2 N–H and O–H groups in total. The number of rotatable bonds is 4. The number of pyridine rings is 1. The maximum Gasteiger partial charge on any atom is 0.264 e. The van der Waals surface area contributed by atoms with Crippen molar-refractivity contribution >= 4 is 31.8 Å². The third-order valence-corrected chi connectivity index (χ3v) is 5.14. The lowest BCUT2D eigenvalue weighted by atomic mass is 10.2. The lowest BCUT2D eigenvalue weighted by Crippen LogP contribution is -2.15. The molecule has 7 heteroatoms. The molecule has 0 amide bonds. The monoisotopic (exact) mass is 370 g/mol. The Bertz CT molecular complexity index is 756. The Balaban J connectivity index is 2.38. The molecule has 0 fully saturated rings. The van der Waals surface area contributed by atoms with Crippen LogP contribution in [0.5, 0.6) is 0 Å². The third-order valence-electron chi connectivity index (χ3n) is 2.81. The Morgan fingerprint density at radius 3 is 2.52 bits per heavy atom. The standard InChI is InChI=1S/C14H15BrN2O3S/c1-9-5-10(2)16-14(6-9)17-21(19,20)13-4-3-11(8-18)7-12(13)15/h3-7,18H,8H2,1-2H3,(H,16,17). The van der Waals surface area contributed by atoms with Gasteiger partial charge in [-0.15, -0.1) is 0 Å². The summed E-state index contributed by atoms with van der Waals surface area (Å²) >= 11 is 3.22.